The van der Waals surface area contributed by atoms with Gasteiger partial charge in [-0.2, -0.15) is 4.68 Å². The van der Waals surface area contributed by atoms with Gasteiger partial charge in [0.15, 0.2) is 6.29 Å². The Bertz CT molecular complexity index is 389. The molecule has 88 valence electrons. The lowest BCUT2D eigenvalue weighted by Crippen LogP contribution is -2.12. The molecule has 1 aliphatic rings. The van der Waals surface area contributed by atoms with Crippen LogP contribution >= 0.6 is 15.9 Å². The van der Waals surface area contributed by atoms with E-state index in [-0.39, 0.29) is 12.1 Å². The minimum Gasteiger partial charge on any atom is -0.358 e. The summed E-state index contributed by atoms with van der Waals surface area (Å²) < 4.78 is 12.4. The Kier molecular flexibility index (Phi) is 3.52. The molecule has 0 bridgehead atoms. The van der Waals surface area contributed by atoms with Gasteiger partial charge in [-0.1, -0.05) is 0 Å². The van der Waals surface area contributed by atoms with Crippen molar-refractivity contribution < 1.29 is 14.4 Å². The number of aryl methyl sites for hydroxylation is 1. The number of hydrogen-bond donors (Lipinski definition) is 0. The second-order valence-corrected chi connectivity index (χ2v) is 4.13. The number of hydrogen-bond acceptors (Lipinski definition) is 5. The van der Waals surface area contributed by atoms with Gasteiger partial charge in [-0.25, -0.2) is 0 Å². The zero-order chi connectivity index (χ0) is 11.5. The van der Waals surface area contributed by atoms with Crippen LogP contribution in [0, 0.1) is 10.1 Å². The number of rotatable bonds is 4. The van der Waals surface area contributed by atoms with Crippen molar-refractivity contribution in [2.45, 2.75) is 19.3 Å². The van der Waals surface area contributed by atoms with Crippen LogP contribution in [-0.4, -0.2) is 34.2 Å². The normalized spacial score (nSPS) is 16.8. The van der Waals surface area contributed by atoms with Crippen LogP contribution < -0.4 is 0 Å². The molecule has 7 nitrogen and oxygen atoms in total. The summed E-state index contributed by atoms with van der Waals surface area (Å²) >= 11 is 3.08. The fourth-order valence-corrected chi connectivity index (χ4v) is 1.90. The highest BCUT2D eigenvalue weighted by Crippen LogP contribution is 2.22. The van der Waals surface area contributed by atoms with E-state index in [0.29, 0.717) is 30.7 Å². The van der Waals surface area contributed by atoms with Crippen LogP contribution in [0.5, 0.6) is 0 Å². The topological polar surface area (TPSA) is 79.4 Å². The first kappa shape index (κ1) is 11.5. The van der Waals surface area contributed by atoms with Gasteiger partial charge in [-0.15, -0.1) is 0 Å². The fourth-order valence-electron chi connectivity index (χ4n) is 1.44. The third-order valence-corrected chi connectivity index (χ3v) is 2.72. The largest absolute Gasteiger partial charge is 0.404 e. The average Bonchev–Trinajstić information content (AvgIpc) is 2.83. The van der Waals surface area contributed by atoms with E-state index in [1.54, 1.807) is 6.20 Å². The van der Waals surface area contributed by atoms with Crippen molar-refractivity contribution in [3.8, 4) is 0 Å². The second-order valence-electron chi connectivity index (χ2n) is 3.28. The molecule has 1 fully saturated rings. The summed E-state index contributed by atoms with van der Waals surface area (Å²) in [6.45, 7) is 1.73. The molecule has 1 aliphatic heterocycles. The molecule has 1 aromatic rings. The van der Waals surface area contributed by atoms with E-state index in [0.717, 1.165) is 0 Å². The lowest BCUT2D eigenvalue weighted by atomic mass is 10.4. The monoisotopic (exact) mass is 291 g/mol. The van der Waals surface area contributed by atoms with Gasteiger partial charge in [0.05, 0.1) is 31.1 Å². The maximum Gasteiger partial charge on any atom is 0.404 e. The lowest BCUT2D eigenvalue weighted by molar-refractivity contribution is -0.390. The molecule has 0 unspecified atom stereocenters. The Morgan fingerprint density at radius 1 is 1.62 bits per heavy atom. The van der Waals surface area contributed by atoms with Gasteiger partial charge in [0, 0.05) is 6.42 Å². The van der Waals surface area contributed by atoms with Crippen molar-refractivity contribution in [1.82, 2.24) is 9.78 Å². The van der Waals surface area contributed by atoms with Crippen LogP contribution in [-0.2, 0) is 16.0 Å². The maximum atomic E-state index is 10.5. The molecule has 0 N–H and O–H groups in total. The van der Waals surface area contributed by atoms with Crippen molar-refractivity contribution in [3.63, 3.8) is 0 Å². The quantitative estimate of drug-likeness (QED) is 0.617. The van der Waals surface area contributed by atoms with Crippen molar-refractivity contribution in [3.05, 3.63) is 20.8 Å². The molecule has 2 heterocycles. The predicted molar refractivity (Wildman–Crippen MR) is 56.9 cm³/mol. The van der Waals surface area contributed by atoms with Gasteiger partial charge in [-0.3, -0.25) is 0 Å². The molecule has 0 amide bonds. The summed E-state index contributed by atoms with van der Waals surface area (Å²) in [5, 5.41) is 14.4. The number of halogens is 1. The standard InChI is InChI=1S/C8H10BrN3O4/c9-6-5-11(10-8(6)12(13)14)2-1-7-15-3-4-16-7/h5,7H,1-4H2. The van der Waals surface area contributed by atoms with E-state index in [1.807, 2.05) is 0 Å². The van der Waals surface area contributed by atoms with Gasteiger partial charge in [0.1, 0.15) is 4.47 Å². The SMILES string of the molecule is O=[N+]([O-])c1nn(CCC2OCCO2)cc1Br. The zero-order valence-corrected chi connectivity index (χ0v) is 9.92. The Morgan fingerprint density at radius 3 is 2.88 bits per heavy atom. The molecular formula is C8H10BrN3O4. The maximum absolute atomic E-state index is 10.5. The van der Waals surface area contributed by atoms with E-state index < -0.39 is 4.92 Å². The van der Waals surface area contributed by atoms with Crippen LogP contribution in [0.4, 0.5) is 5.82 Å². The van der Waals surface area contributed by atoms with Crippen molar-refractivity contribution in [1.29, 1.82) is 0 Å². The fraction of sp³-hybridized carbons (Fsp3) is 0.625. The molecular weight excluding hydrogens is 282 g/mol. The molecule has 1 saturated heterocycles. The van der Waals surface area contributed by atoms with Crippen molar-refractivity contribution in [2.75, 3.05) is 13.2 Å². The number of nitrogens with zero attached hydrogens (tertiary/aromatic N) is 3. The average molecular weight is 292 g/mol. The molecule has 0 aliphatic carbocycles. The van der Waals surface area contributed by atoms with Crippen LogP contribution in [0.1, 0.15) is 6.42 Å². The molecule has 8 heteroatoms. The van der Waals surface area contributed by atoms with E-state index >= 15 is 0 Å². The van der Waals surface area contributed by atoms with Crippen LogP contribution in [0.25, 0.3) is 0 Å². The summed E-state index contributed by atoms with van der Waals surface area (Å²) in [4.78, 5) is 10.0. The molecule has 0 saturated carbocycles. The summed E-state index contributed by atoms with van der Waals surface area (Å²) in [7, 11) is 0. The molecule has 0 aromatic carbocycles. The smallest absolute Gasteiger partial charge is 0.358 e. The van der Waals surface area contributed by atoms with E-state index in [9.17, 15) is 10.1 Å². The number of nitro groups is 1. The van der Waals surface area contributed by atoms with Crippen LogP contribution in [0.3, 0.4) is 0 Å². The highest BCUT2D eigenvalue weighted by Gasteiger charge is 2.20. The van der Waals surface area contributed by atoms with Gasteiger partial charge >= 0.3 is 5.82 Å². The summed E-state index contributed by atoms with van der Waals surface area (Å²) in [5.74, 6) is -0.173. The molecule has 16 heavy (non-hydrogen) atoms. The Morgan fingerprint density at radius 2 is 2.31 bits per heavy atom. The molecule has 2 rings (SSSR count). The minimum absolute atomic E-state index is 0.173. The second kappa shape index (κ2) is 4.89. The van der Waals surface area contributed by atoms with Gasteiger partial charge in [0.25, 0.3) is 0 Å². The first-order valence-corrected chi connectivity index (χ1v) is 5.56. The van der Waals surface area contributed by atoms with E-state index in [4.69, 9.17) is 9.47 Å². The van der Waals surface area contributed by atoms with E-state index in [2.05, 4.69) is 21.0 Å². The third-order valence-electron chi connectivity index (χ3n) is 2.16. The zero-order valence-electron chi connectivity index (χ0n) is 8.34. The molecule has 0 atom stereocenters. The predicted octanol–water partition coefficient (Wildman–Crippen LogP) is 1.32. The first-order valence-electron chi connectivity index (χ1n) is 4.77. The van der Waals surface area contributed by atoms with Crippen LogP contribution in [0.15, 0.2) is 10.7 Å². The van der Waals surface area contributed by atoms with Crippen molar-refractivity contribution in [2.24, 2.45) is 0 Å². The number of aromatic nitrogens is 2. The Labute approximate surface area is 99.6 Å². The molecule has 0 radical (unpaired) electrons. The highest BCUT2D eigenvalue weighted by atomic mass is 79.9. The van der Waals surface area contributed by atoms with Crippen molar-refractivity contribution >= 4 is 21.7 Å². The lowest BCUT2D eigenvalue weighted by Gasteiger charge is -2.06. The first-order chi connectivity index (χ1) is 7.66. The van der Waals surface area contributed by atoms with Gasteiger partial charge in [0.2, 0.25) is 0 Å². The highest BCUT2D eigenvalue weighted by molar-refractivity contribution is 9.10. The Hall–Kier alpha value is -0.990. The summed E-state index contributed by atoms with van der Waals surface area (Å²) in [6, 6.07) is 0. The minimum atomic E-state index is -0.525. The third kappa shape index (κ3) is 2.57. The summed E-state index contributed by atoms with van der Waals surface area (Å²) in [6.07, 6.45) is 1.99. The van der Waals surface area contributed by atoms with E-state index in [1.165, 1.54) is 4.68 Å². The Balaban J connectivity index is 1.94. The number of ether oxygens (including phenoxy) is 2. The summed E-state index contributed by atoms with van der Waals surface area (Å²) in [5.41, 5.74) is 0. The van der Waals surface area contributed by atoms with Crippen LogP contribution in [0.2, 0.25) is 0 Å². The molecule has 1 aromatic heterocycles. The van der Waals surface area contributed by atoms with Gasteiger partial charge < -0.3 is 19.6 Å². The molecule has 0 spiro atoms. The van der Waals surface area contributed by atoms with Gasteiger partial charge in [-0.05, 0) is 20.9 Å².